The normalized spacial score (nSPS) is 10.9. The second kappa shape index (κ2) is 5.55. The molecule has 1 amide bonds. The first-order valence-corrected chi connectivity index (χ1v) is 6.70. The van der Waals surface area contributed by atoms with Gasteiger partial charge in [-0.1, -0.05) is 6.07 Å². The standard InChI is InChI=1S/C16H13F2N3O/c1-10-2-3-15-20-14(9-21(15)8-10)16(22)19-7-11-4-12(17)6-13(18)5-11/h2-6,8-9H,7H2,1H3,(H,19,22). The highest BCUT2D eigenvalue weighted by atomic mass is 19.1. The molecule has 0 saturated carbocycles. The zero-order valence-corrected chi connectivity index (χ0v) is 11.8. The summed E-state index contributed by atoms with van der Waals surface area (Å²) in [6.07, 6.45) is 3.48. The molecule has 0 aliphatic rings. The first-order chi connectivity index (χ1) is 10.5. The molecule has 0 saturated heterocycles. The third kappa shape index (κ3) is 2.95. The van der Waals surface area contributed by atoms with Crippen molar-refractivity contribution < 1.29 is 13.6 Å². The Morgan fingerprint density at radius 2 is 1.91 bits per heavy atom. The summed E-state index contributed by atoms with van der Waals surface area (Å²) in [4.78, 5) is 16.3. The van der Waals surface area contributed by atoms with Gasteiger partial charge in [-0.3, -0.25) is 4.79 Å². The van der Waals surface area contributed by atoms with Gasteiger partial charge in [-0.2, -0.15) is 0 Å². The number of halogens is 2. The van der Waals surface area contributed by atoms with Crippen molar-refractivity contribution in [2.75, 3.05) is 0 Å². The number of carbonyl (C=O) groups excluding carboxylic acids is 1. The number of pyridine rings is 1. The number of amides is 1. The lowest BCUT2D eigenvalue weighted by Crippen LogP contribution is -2.23. The molecule has 0 unspecified atom stereocenters. The van der Waals surface area contributed by atoms with E-state index < -0.39 is 17.5 Å². The van der Waals surface area contributed by atoms with Crippen LogP contribution in [0.4, 0.5) is 8.78 Å². The Labute approximate surface area is 125 Å². The maximum atomic E-state index is 13.1. The van der Waals surface area contributed by atoms with Gasteiger partial charge in [0.15, 0.2) is 0 Å². The number of aryl methyl sites for hydroxylation is 1. The number of benzene rings is 1. The second-order valence-electron chi connectivity index (χ2n) is 5.06. The van der Waals surface area contributed by atoms with Gasteiger partial charge in [0.2, 0.25) is 0 Å². The molecular formula is C16H13F2N3O. The molecule has 1 N–H and O–H groups in total. The molecule has 3 aromatic rings. The number of aromatic nitrogens is 2. The van der Waals surface area contributed by atoms with E-state index >= 15 is 0 Å². The van der Waals surface area contributed by atoms with E-state index in [0.29, 0.717) is 11.2 Å². The summed E-state index contributed by atoms with van der Waals surface area (Å²) >= 11 is 0. The van der Waals surface area contributed by atoms with E-state index in [1.54, 1.807) is 10.6 Å². The Kier molecular flexibility index (Phi) is 3.58. The molecule has 0 bridgehead atoms. The van der Waals surface area contributed by atoms with Crippen molar-refractivity contribution in [1.29, 1.82) is 0 Å². The van der Waals surface area contributed by atoms with Gasteiger partial charge in [0, 0.05) is 25.0 Å². The van der Waals surface area contributed by atoms with Crippen LogP contribution in [0.2, 0.25) is 0 Å². The molecule has 22 heavy (non-hydrogen) atoms. The van der Waals surface area contributed by atoms with Crippen molar-refractivity contribution in [3.8, 4) is 0 Å². The summed E-state index contributed by atoms with van der Waals surface area (Å²) in [5.74, 6) is -1.74. The number of nitrogens with zero attached hydrogens (tertiary/aromatic N) is 2. The Morgan fingerprint density at radius 1 is 1.18 bits per heavy atom. The maximum absolute atomic E-state index is 13.1. The van der Waals surface area contributed by atoms with Gasteiger partial charge in [0.1, 0.15) is 23.0 Å². The van der Waals surface area contributed by atoms with Gasteiger partial charge >= 0.3 is 0 Å². The molecule has 0 atom stereocenters. The number of hydrogen-bond acceptors (Lipinski definition) is 2. The summed E-state index contributed by atoms with van der Waals surface area (Å²) in [5, 5.41) is 2.60. The molecule has 6 heteroatoms. The van der Waals surface area contributed by atoms with Crippen LogP contribution in [0.25, 0.3) is 5.65 Å². The number of rotatable bonds is 3. The molecular weight excluding hydrogens is 288 g/mol. The second-order valence-corrected chi connectivity index (χ2v) is 5.06. The van der Waals surface area contributed by atoms with Crippen molar-refractivity contribution in [2.45, 2.75) is 13.5 Å². The molecule has 0 fully saturated rings. The highest BCUT2D eigenvalue weighted by Gasteiger charge is 2.11. The van der Waals surface area contributed by atoms with E-state index in [1.165, 1.54) is 12.1 Å². The van der Waals surface area contributed by atoms with Crippen molar-refractivity contribution in [1.82, 2.24) is 14.7 Å². The van der Waals surface area contributed by atoms with Gasteiger partial charge in [-0.25, -0.2) is 13.8 Å². The van der Waals surface area contributed by atoms with Crippen LogP contribution in [0.5, 0.6) is 0 Å². The zero-order chi connectivity index (χ0) is 15.7. The summed E-state index contributed by atoms with van der Waals surface area (Å²) in [5.41, 5.74) is 2.31. The fourth-order valence-electron chi connectivity index (χ4n) is 2.20. The monoisotopic (exact) mass is 301 g/mol. The van der Waals surface area contributed by atoms with E-state index in [-0.39, 0.29) is 12.2 Å². The highest BCUT2D eigenvalue weighted by molar-refractivity contribution is 5.92. The van der Waals surface area contributed by atoms with Crippen LogP contribution >= 0.6 is 0 Å². The van der Waals surface area contributed by atoms with Gasteiger partial charge in [0.25, 0.3) is 5.91 Å². The lowest BCUT2D eigenvalue weighted by Gasteiger charge is -2.04. The summed E-state index contributed by atoms with van der Waals surface area (Å²) in [7, 11) is 0. The molecule has 0 spiro atoms. The van der Waals surface area contributed by atoms with Gasteiger partial charge < -0.3 is 9.72 Å². The van der Waals surface area contributed by atoms with E-state index in [1.807, 2.05) is 25.3 Å². The number of fused-ring (bicyclic) bond motifs is 1. The number of carbonyl (C=O) groups is 1. The fraction of sp³-hybridized carbons (Fsp3) is 0.125. The minimum absolute atomic E-state index is 0.0282. The zero-order valence-electron chi connectivity index (χ0n) is 11.8. The topological polar surface area (TPSA) is 46.4 Å². The van der Waals surface area contributed by atoms with E-state index in [0.717, 1.165) is 11.6 Å². The molecule has 3 rings (SSSR count). The van der Waals surface area contributed by atoms with Crippen molar-refractivity contribution in [2.24, 2.45) is 0 Å². The van der Waals surface area contributed by atoms with Crippen LogP contribution in [-0.2, 0) is 6.54 Å². The van der Waals surface area contributed by atoms with Crippen molar-refractivity contribution in [3.05, 3.63) is 71.2 Å². The first kappa shape index (κ1) is 14.2. The predicted octanol–water partition coefficient (Wildman–Crippen LogP) is 2.85. The van der Waals surface area contributed by atoms with Crippen LogP contribution < -0.4 is 5.32 Å². The van der Waals surface area contributed by atoms with Crippen LogP contribution in [0.15, 0.2) is 42.7 Å². The summed E-state index contributed by atoms with van der Waals surface area (Å²) in [6.45, 7) is 1.97. The molecule has 112 valence electrons. The third-order valence-corrected chi connectivity index (χ3v) is 3.21. The number of nitrogens with one attached hydrogen (secondary N) is 1. The average Bonchev–Trinajstić information content (AvgIpc) is 2.86. The SMILES string of the molecule is Cc1ccc2nc(C(=O)NCc3cc(F)cc(F)c3)cn2c1. The largest absolute Gasteiger partial charge is 0.347 e. The molecule has 0 aliphatic heterocycles. The minimum Gasteiger partial charge on any atom is -0.347 e. The lowest BCUT2D eigenvalue weighted by molar-refractivity contribution is 0.0946. The lowest BCUT2D eigenvalue weighted by atomic mass is 10.2. The smallest absolute Gasteiger partial charge is 0.271 e. The van der Waals surface area contributed by atoms with E-state index in [4.69, 9.17) is 0 Å². The number of hydrogen-bond donors (Lipinski definition) is 1. The first-order valence-electron chi connectivity index (χ1n) is 6.70. The van der Waals surface area contributed by atoms with Crippen LogP contribution in [0.3, 0.4) is 0 Å². The third-order valence-electron chi connectivity index (χ3n) is 3.21. The van der Waals surface area contributed by atoms with Crippen LogP contribution in [-0.4, -0.2) is 15.3 Å². The van der Waals surface area contributed by atoms with E-state index in [9.17, 15) is 13.6 Å². The van der Waals surface area contributed by atoms with Gasteiger partial charge in [0.05, 0.1) is 0 Å². The summed E-state index contributed by atoms with van der Waals surface area (Å²) < 4.78 is 27.9. The molecule has 0 radical (unpaired) electrons. The molecule has 2 heterocycles. The highest BCUT2D eigenvalue weighted by Crippen LogP contribution is 2.09. The Hall–Kier alpha value is -2.76. The molecule has 2 aromatic heterocycles. The van der Waals surface area contributed by atoms with E-state index in [2.05, 4.69) is 10.3 Å². The molecule has 0 aliphatic carbocycles. The minimum atomic E-state index is -0.674. The van der Waals surface area contributed by atoms with Crippen molar-refractivity contribution in [3.63, 3.8) is 0 Å². The molecule has 1 aromatic carbocycles. The van der Waals surface area contributed by atoms with Crippen molar-refractivity contribution >= 4 is 11.6 Å². The van der Waals surface area contributed by atoms with Crippen LogP contribution in [0.1, 0.15) is 21.6 Å². The Balaban J connectivity index is 1.75. The Morgan fingerprint density at radius 3 is 2.64 bits per heavy atom. The quantitative estimate of drug-likeness (QED) is 0.808. The maximum Gasteiger partial charge on any atom is 0.271 e. The predicted molar refractivity (Wildman–Crippen MR) is 77.5 cm³/mol. The average molecular weight is 301 g/mol. The van der Waals surface area contributed by atoms with Crippen LogP contribution in [0, 0.1) is 18.6 Å². The summed E-state index contributed by atoms with van der Waals surface area (Å²) in [6, 6.07) is 6.86. The molecule has 4 nitrogen and oxygen atoms in total. The van der Waals surface area contributed by atoms with Gasteiger partial charge in [-0.15, -0.1) is 0 Å². The fourth-order valence-corrected chi connectivity index (χ4v) is 2.20. The number of imidazole rings is 1. The Bertz CT molecular complexity index is 837. The van der Waals surface area contributed by atoms with Gasteiger partial charge in [-0.05, 0) is 36.2 Å².